The highest BCUT2D eigenvalue weighted by Gasteiger charge is 2.29. The van der Waals surface area contributed by atoms with Gasteiger partial charge in [-0.1, -0.05) is 30.3 Å². The van der Waals surface area contributed by atoms with E-state index in [1.807, 2.05) is 61.5 Å². The molecule has 1 heterocycles. The van der Waals surface area contributed by atoms with Gasteiger partial charge in [0.1, 0.15) is 29.6 Å². The van der Waals surface area contributed by atoms with Crippen molar-refractivity contribution < 1.29 is 28.5 Å². The maximum atomic E-state index is 11.2. The van der Waals surface area contributed by atoms with Crippen molar-refractivity contribution >= 4 is 5.97 Å². The lowest BCUT2D eigenvalue weighted by Gasteiger charge is -2.21. The van der Waals surface area contributed by atoms with E-state index >= 15 is 0 Å². The van der Waals surface area contributed by atoms with Crippen LogP contribution in [0.15, 0.2) is 83.3 Å². The molecule has 7 nitrogen and oxygen atoms in total. The molecule has 0 saturated heterocycles. The largest absolute Gasteiger partial charge is 0.493 e. The molecule has 0 saturated carbocycles. The Bertz CT molecular complexity index is 1280. The summed E-state index contributed by atoms with van der Waals surface area (Å²) in [4.78, 5) is 15.9. The molecule has 0 radical (unpaired) electrons. The van der Waals surface area contributed by atoms with Gasteiger partial charge in [0.05, 0.1) is 12.3 Å². The number of hydrogen-bond donors (Lipinski definition) is 1. The zero-order valence-corrected chi connectivity index (χ0v) is 20.6. The standard InChI is InChI=1S/C29H29NO6/c1-20-26(17-18-33-23-13-15-25(16-14-23)36-29(2,3)28(31)32)30-27(35-20)22-9-11-24(12-10-22)34-19-21-7-5-4-6-8-21/h4-16H,17-19H2,1-3H3,(H,31,32). The van der Waals surface area contributed by atoms with E-state index < -0.39 is 11.6 Å². The van der Waals surface area contributed by atoms with E-state index in [1.54, 1.807) is 24.3 Å². The lowest BCUT2D eigenvalue weighted by Crippen LogP contribution is -2.37. The van der Waals surface area contributed by atoms with Crippen LogP contribution in [0.4, 0.5) is 0 Å². The SMILES string of the molecule is Cc1oc(-c2ccc(OCc3ccccc3)cc2)nc1CCOc1ccc(OC(C)(C)C(=O)O)cc1. The van der Waals surface area contributed by atoms with Gasteiger partial charge in [-0.3, -0.25) is 0 Å². The summed E-state index contributed by atoms with van der Waals surface area (Å²) in [6.45, 7) is 5.82. The van der Waals surface area contributed by atoms with Crippen LogP contribution in [0.1, 0.15) is 30.9 Å². The number of hydrogen-bond acceptors (Lipinski definition) is 6. The minimum Gasteiger partial charge on any atom is -0.493 e. The van der Waals surface area contributed by atoms with E-state index in [0.717, 1.165) is 28.3 Å². The molecule has 0 bridgehead atoms. The van der Waals surface area contributed by atoms with Crippen LogP contribution in [0.5, 0.6) is 17.2 Å². The molecule has 4 rings (SSSR count). The van der Waals surface area contributed by atoms with Gasteiger partial charge in [-0.05, 0) is 74.9 Å². The summed E-state index contributed by atoms with van der Waals surface area (Å²) in [5.41, 5.74) is 1.51. The van der Waals surface area contributed by atoms with Crippen LogP contribution in [0.3, 0.4) is 0 Å². The summed E-state index contributed by atoms with van der Waals surface area (Å²) in [6, 6.07) is 24.6. The lowest BCUT2D eigenvalue weighted by molar-refractivity contribution is -0.152. The molecule has 0 spiro atoms. The second-order valence-electron chi connectivity index (χ2n) is 8.81. The van der Waals surface area contributed by atoms with Gasteiger partial charge in [-0.25, -0.2) is 9.78 Å². The van der Waals surface area contributed by atoms with E-state index in [2.05, 4.69) is 4.98 Å². The van der Waals surface area contributed by atoms with Crippen molar-refractivity contribution in [3.63, 3.8) is 0 Å². The molecule has 0 amide bonds. The Morgan fingerprint density at radius 1 is 0.889 bits per heavy atom. The fraction of sp³-hybridized carbons (Fsp3) is 0.241. The van der Waals surface area contributed by atoms with E-state index in [1.165, 1.54) is 13.8 Å². The first-order valence-electron chi connectivity index (χ1n) is 11.7. The van der Waals surface area contributed by atoms with Crippen molar-refractivity contribution in [3.05, 3.63) is 95.9 Å². The molecule has 0 fully saturated rings. The number of rotatable bonds is 11. The van der Waals surface area contributed by atoms with Crippen LogP contribution in [0.2, 0.25) is 0 Å². The molecule has 1 aromatic heterocycles. The number of carbonyl (C=O) groups is 1. The Balaban J connectivity index is 1.29. The Kier molecular flexibility index (Phi) is 7.59. The highest BCUT2D eigenvalue weighted by Crippen LogP contribution is 2.26. The number of ether oxygens (including phenoxy) is 3. The molecular formula is C29H29NO6. The summed E-state index contributed by atoms with van der Waals surface area (Å²) in [6.07, 6.45) is 0.581. The van der Waals surface area contributed by atoms with Gasteiger partial charge in [-0.2, -0.15) is 0 Å². The first-order chi connectivity index (χ1) is 17.3. The predicted molar refractivity (Wildman–Crippen MR) is 135 cm³/mol. The molecule has 0 aliphatic rings. The number of nitrogens with zero attached hydrogens (tertiary/aromatic N) is 1. The van der Waals surface area contributed by atoms with Gasteiger partial charge in [0, 0.05) is 12.0 Å². The molecule has 0 aliphatic carbocycles. The highest BCUT2D eigenvalue weighted by atomic mass is 16.5. The van der Waals surface area contributed by atoms with Crippen molar-refractivity contribution in [1.29, 1.82) is 0 Å². The molecule has 0 aliphatic heterocycles. The third kappa shape index (κ3) is 6.44. The van der Waals surface area contributed by atoms with Gasteiger partial charge < -0.3 is 23.7 Å². The molecule has 7 heteroatoms. The van der Waals surface area contributed by atoms with Gasteiger partial charge in [0.2, 0.25) is 5.89 Å². The molecule has 1 N–H and O–H groups in total. The second-order valence-corrected chi connectivity index (χ2v) is 8.81. The number of carboxylic acid groups (broad SMARTS) is 1. The van der Waals surface area contributed by atoms with E-state index in [0.29, 0.717) is 37.0 Å². The average molecular weight is 488 g/mol. The van der Waals surface area contributed by atoms with Gasteiger partial charge in [0.25, 0.3) is 0 Å². The quantitative estimate of drug-likeness (QED) is 0.274. The summed E-state index contributed by atoms with van der Waals surface area (Å²) < 4.78 is 23.1. The Morgan fingerprint density at radius 2 is 1.50 bits per heavy atom. The molecule has 0 atom stereocenters. The van der Waals surface area contributed by atoms with Crippen LogP contribution in [-0.4, -0.2) is 28.3 Å². The zero-order chi connectivity index (χ0) is 25.5. The number of carboxylic acids is 1. The summed E-state index contributed by atoms with van der Waals surface area (Å²) in [5, 5.41) is 9.18. The molecule has 4 aromatic rings. The minimum atomic E-state index is -1.31. The maximum Gasteiger partial charge on any atom is 0.347 e. The van der Waals surface area contributed by atoms with Crippen molar-refractivity contribution in [3.8, 4) is 28.7 Å². The summed E-state index contributed by atoms with van der Waals surface area (Å²) in [5.74, 6) is 2.17. The smallest absolute Gasteiger partial charge is 0.347 e. The number of aliphatic carboxylic acids is 1. The maximum absolute atomic E-state index is 11.2. The Labute approximate surface area is 210 Å². The summed E-state index contributed by atoms with van der Waals surface area (Å²) in [7, 11) is 0. The average Bonchev–Trinajstić information content (AvgIpc) is 3.25. The Hall–Kier alpha value is -4.26. The van der Waals surface area contributed by atoms with E-state index in [9.17, 15) is 9.90 Å². The van der Waals surface area contributed by atoms with Crippen molar-refractivity contribution in [2.75, 3.05) is 6.61 Å². The molecule has 36 heavy (non-hydrogen) atoms. The number of aromatic nitrogens is 1. The van der Waals surface area contributed by atoms with Gasteiger partial charge in [0.15, 0.2) is 5.60 Å². The zero-order valence-electron chi connectivity index (χ0n) is 20.6. The molecular weight excluding hydrogens is 458 g/mol. The molecule has 3 aromatic carbocycles. The topological polar surface area (TPSA) is 91.0 Å². The van der Waals surface area contributed by atoms with Gasteiger partial charge >= 0.3 is 5.97 Å². The fourth-order valence-corrected chi connectivity index (χ4v) is 3.43. The molecule has 0 unspecified atom stereocenters. The Morgan fingerprint density at radius 3 is 2.17 bits per heavy atom. The van der Waals surface area contributed by atoms with Crippen LogP contribution >= 0.6 is 0 Å². The third-order valence-electron chi connectivity index (χ3n) is 5.56. The number of aryl methyl sites for hydroxylation is 1. The van der Waals surface area contributed by atoms with Gasteiger partial charge in [-0.15, -0.1) is 0 Å². The normalized spacial score (nSPS) is 11.2. The predicted octanol–water partition coefficient (Wildman–Crippen LogP) is 6.09. The monoisotopic (exact) mass is 487 g/mol. The van der Waals surface area contributed by atoms with Crippen LogP contribution < -0.4 is 14.2 Å². The second kappa shape index (κ2) is 11.0. The van der Waals surface area contributed by atoms with E-state index in [-0.39, 0.29) is 0 Å². The first-order valence-corrected chi connectivity index (χ1v) is 11.7. The van der Waals surface area contributed by atoms with Crippen molar-refractivity contribution in [2.24, 2.45) is 0 Å². The van der Waals surface area contributed by atoms with E-state index in [4.69, 9.17) is 18.6 Å². The minimum absolute atomic E-state index is 0.417. The van der Waals surface area contributed by atoms with Crippen LogP contribution in [-0.2, 0) is 17.8 Å². The third-order valence-corrected chi connectivity index (χ3v) is 5.56. The summed E-state index contributed by atoms with van der Waals surface area (Å²) >= 11 is 0. The first kappa shape index (κ1) is 24.9. The van der Waals surface area contributed by atoms with Crippen LogP contribution in [0.25, 0.3) is 11.5 Å². The number of benzene rings is 3. The lowest BCUT2D eigenvalue weighted by atomic mass is 10.1. The van der Waals surface area contributed by atoms with Crippen molar-refractivity contribution in [2.45, 2.75) is 39.4 Å². The van der Waals surface area contributed by atoms with Crippen molar-refractivity contribution in [1.82, 2.24) is 4.98 Å². The highest BCUT2D eigenvalue weighted by molar-refractivity contribution is 5.76. The molecule has 186 valence electrons. The van der Waals surface area contributed by atoms with Crippen LogP contribution in [0, 0.1) is 6.92 Å². The fourth-order valence-electron chi connectivity index (χ4n) is 3.43. The number of oxazole rings is 1.